The predicted octanol–water partition coefficient (Wildman–Crippen LogP) is 2.74. The predicted molar refractivity (Wildman–Crippen MR) is 90.8 cm³/mol. The van der Waals surface area contributed by atoms with Gasteiger partial charge in [0.25, 0.3) is 5.91 Å². The van der Waals surface area contributed by atoms with Crippen molar-refractivity contribution in [1.29, 1.82) is 0 Å². The van der Waals surface area contributed by atoms with Crippen LogP contribution in [0.4, 0.5) is 0 Å². The van der Waals surface area contributed by atoms with Crippen LogP contribution in [0.25, 0.3) is 0 Å². The first-order valence-corrected chi connectivity index (χ1v) is 7.76. The maximum absolute atomic E-state index is 12.1. The second kappa shape index (κ2) is 8.72. The molecule has 0 aliphatic carbocycles. The zero-order valence-electron chi connectivity index (χ0n) is 13.6. The van der Waals surface area contributed by atoms with Crippen LogP contribution in [-0.2, 0) is 22.6 Å². The molecule has 0 saturated heterocycles. The molecule has 0 spiro atoms. The number of ether oxygens (including phenoxy) is 1. The molecule has 0 unspecified atom stereocenters. The lowest BCUT2D eigenvalue weighted by Gasteiger charge is -2.17. The van der Waals surface area contributed by atoms with Gasteiger partial charge in [-0.05, 0) is 29.7 Å². The lowest BCUT2D eigenvalue weighted by molar-refractivity contribution is -0.137. The van der Waals surface area contributed by atoms with E-state index in [0.29, 0.717) is 18.7 Å². The van der Waals surface area contributed by atoms with Crippen molar-refractivity contribution in [2.75, 3.05) is 13.7 Å². The van der Waals surface area contributed by atoms with Gasteiger partial charge in [0, 0.05) is 20.0 Å². The number of aryl methyl sites for hydroxylation is 1. The third-order valence-corrected chi connectivity index (χ3v) is 3.60. The lowest BCUT2D eigenvalue weighted by atomic mass is 10.1. The van der Waals surface area contributed by atoms with E-state index in [1.807, 2.05) is 42.5 Å². The summed E-state index contributed by atoms with van der Waals surface area (Å²) in [5.41, 5.74) is 1.99. The minimum atomic E-state index is -0.817. The number of amides is 1. The first-order chi connectivity index (χ1) is 11.5. The molecule has 0 aliphatic rings. The van der Waals surface area contributed by atoms with Crippen LogP contribution in [-0.4, -0.2) is 35.5 Å². The minimum Gasteiger partial charge on any atom is -0.484 e. The van der Waals surface area contributed by atoms with Crippen LogP contribution in [0.3, 0.4) is 0 Å². The molecule has 1 N–H and O–H groups in total. The van der Waals surface area contributed by atoms with Gasteiger partial charge in [-0.3, -0.25) is 9.59 Å². The lowest BCUT2D eigenvalue weighted by Crippen LogP contribution is -2.30. The van der Waals surface area contributed by atoms with Gasteiger partial charge in [-0.1, -0.05) is 42.5 Å². The van der Waals surface area contributed by atoms with Crippen molar-refractivity contribution in [2.24, 2.45) is 0 Å². The van der Waals surface area contributed by atoms with Crippen LogP contribution in [0.5, 0.6) is 5.75 Å². The van der Waals surface area contributed by atoms with Crippen molar-refractivity contribution in [3.8, 4) is 5.75 Å². The Labute approximate surface area is 141 Å². The fourth-order valence-electron chi connectivity index (χ4n) is 2.20. The molecule has 0 saturated carbocycles. The average Bonchev–Trinajstić information content (AvgIpc) is 2.59. The zero-order valence-corrected chi connectivity index (χ0v) is 13.6. The Kier molecular flexibility index (Phi) is 6.37. The van der Waals surface area contributed by atoms with Crippen molar-refractivity contribution in [2.45, 2.75) is 19.4 Å². The van der Waals surface area contributed by atoms with E-state index in [1.54, 1.807) is 24.1 Å². The largest absolute Gasteiger partial charge is 0.484 e. The number of carboxylic acids is 1. The van der Waals surface area contributed by atoms with E-state index < -0.39 is 5.97 Å². The Morgan fingerprint density at radius 2 is 1.67 bits per heavy atom. The molecule has 0 bridgehead atoms. The van der Waals surface area contributed by atoms with Gasteiger partial charge < -0.3 is 14.7 Å². The Morgan fingerprint density at radius 3 is 2.29 bits per heavy atom. The van der Waals surface area contributed by atoms with Gasteiger partial charge in [-0.15, -0.1) is 0 Å². The third kappa shape index (κ3) is 5.76. The van der Waals surface area contributed by atoms with Gasteiger partial charge >= 0.3 is 5.97 Å². The molecular formula is C19H21NO4. The van der Waals surface area contributed by atoms with E-state index in [2.05, 4.69) is 0 Å². The number of likely N-dealkylation sites (N-methyl/N-ethyl adjacent to an activating group) is 1. The molecule has 2 aromatic rings. The van der Waals surface area contributed by atoms with Crippen LogP contribution in [0, 0.1) is 0 Å². The summed E-state index contributed by atoms with van der Waals surface area (Å²) in [6.45, 7) is 0.509. The van der Waals surface area contributed by atoms with E-state index in [4.69, 9.17) is 9.84 Å². The minimum absolute atomic E-state index is 0.0300. The van der Waals surface area contributed by atoms with E-state index >= 15 is 0 Å². The molecule has 1 amide bonds. The van der Waals surface area contributed by atoms with Gasteiger partial charge in [-0.25, -0.2) is 0 Å². The van der Waals surface area contributed by atoms with E-state index in [-0.39, 0.29) is 18.9 Å². The number of benzene rings is 2. The number of carbonyl (C=O) groups is 2. The molecule has 0 aliphatic heterocycles. The van der Waals surface area contributed by atoms with Gasteiger partial charge in [0.05, 0.1) is 0 Å². The third-order valence-electron chi connectivity index (χ3n) is 3.60. The van der Waals surface area contributed by atoms with Crippen molar-refractivity contribution in [1.82, 2.24) is 4.90 Å². The number of nitrogens with zero attached hydrogens (tertiary/aromatic N) is 1. The summed E-state index contributed by atoms with van der Waals surface area (Å²) in [6, 6.07) is 16.9. The highest BCUT2D eigenvalue weighted by molar-refractivity contribution is 5.77. The van der Waals surface area contributed by atoms with E-state index in [1.165, 1.54) is 0 Å². The van der Waals surface area contributed by atoms with Gasteiger partial charge in [-0.2, -0.15) is 0 Å². The molecule has 126 valence electrons. The molecule has 5 heteroatoms. The number of carbonyl (C=O) groups excluding carboxylic acids is 1. The normalized spacial score (nSPS) is 10.2. The molecule has 0 fully saturated rings. The van der Waals surface area contributed by atoms with Crippen LogP contribution < -0.4 is 4.74 Å². The molecule has 0 aromatic heterocycles. The van der Waals surface area contributed by atoms with Crippen LogP contribution in [0.15, 0.2) is 54.6 Å². The summed E-state index contributed by atoms with van der Waals surface area (Å²) in [6.07, 6.45) is 0.581. The summed E-state index contributed by atoms with van der Waals surface area (Å²) >= 11 is 0. The van der Waals surface area contributed by atoms with Crippen LogP contribution in [0.2, 0.25) is 0 Å². The van der Waals surface area contributed by atoms with Gasteiger partial charge in [0.15, 0.2) is 6.61 Å². The summed E-state index contributed by atoms with van der Waals surface area (Å²) in [7, 11) is 1.74. The average molecular weight is 327 g/mol. The molecule has 0 heterocycles. The quantitative estimate of drug-likeness (QED) is 0.809. The number of carboxylic acid groups (broad SMARTS) is 1. The Hall–Kier alpha value is -2.82. The Bertz CT molecular complexity index is 668. The fraction of sp³-hybridized carbons (Fsp3) is 0.263. The number of hydrogen-bond donors (Lipinski definition) is 1. The summed E-state index contributed by atoms with van der Waals surface area (Å²) < 4.78 is 5.50. The Morgan fingerprint density at radius 1 is 1.00 bits per heavy atom. The highest BCUT2D eigenvalue weighted by Gasteiger charge is 2.10. The maximum Gasteiger partial charge on any atom is 0.303 e. The SMILES string of the molecule is CN(Cc1ccccc1)C(=O)COc1ccc(CCC(=O)O)cc1. The molecule has 0 radical (unpaired) electrons. The number of aliphatic carboxylic acids is 1. The second-order valence-corrected chi connectivity index (χ2v) is 5.56. The van der Waals surface area contributed by atoms with Crippen molar-refractivity contribution in [3.05, 3.63) is 65.7 Å². The number of hydrogen-bond acceptors (Lipinski definition) is 3. The molecule has 2 aromatic carbocycles. The van der Waals surface area contributed by atoms with Crippen molar-refractivity contribution in [3.63, 3.8) is 0 Å². The summed E-state index contributed by atoms with van der Waals surface area (Å²) in [4.78, 5) is 24.3. The van der Waals surface area contributed by atoms with Gasteiger partial charge in [0.2, 0.25) is 0 Å². The fourth-order valence-corrected chi connectivity index (χ4v) is 2.20. The van der Waals surface area contributed by atoms with Crippen LogP contribution in [0.1, 0.15) is 17.5 Å². The smallest absolute Gasteiger partial charge is 0.303 e. The highest BCUT2D eigenvalue weighted by Crippen LogP contribution is 2.14. The molecule has 2 rings (SSSR count). The summed E-state index contributed by atoms with van der Waals surface area (Å²) in [5.74, 6) is -0.327. The zero-order chi connectivity index (χ0) is 17.4. The van der Waals surface area contributed by atoms with Crippen molar-refractivity contribution < 1.29 is 19.4 Å². The van der Waals surface area contributed by atoms with E-state index in [9.17, 15) is 9.59 Å². The standard InChI is InChI=1S/C19H21NO4/c1-20(13-16-5-3-2-4-6-16)18(21)14-24-17-10-7-15(8-11-17)9-12-19(22)23/h2-8,10-11H,9,12-14H2,1H3,(H,22,23). The van der Waals surface area contributed by atoms with Crippen LogP contribution >= 0.6 is 0 Å². The number of rotatable bonds is 8. The molecular weight excluding hydrogens is 306 g/mol. The first-order valence-electron chi connectivity index (χ1n) is 7.76. The topological polar surface area (TPSA) is 66.8 Å². The molecule has 24 heavy (non-hydrogen) atoms. The monoisotopic (exact) mass is 327 g/mol. The van der Waals surface area contributed by atoms with E-state index in [0.717, 1.165) is 11.1 Å². The first kappa shape index (κ1) is 17.5. The maximum atomic E-state index is 12.1. The molecule has 0 atom stereocenters. The van der Waals surface area contributed by atoms with Crippen molar-refractivity contribution >= 4 is 11.9 Å². The second-order valence-electron chi connectivity index (χ2n) is 5.56. The molecule has 5 nitrogen and oxygen atoms in total. The van der Waals surface area contributed by atoms with Gasteiger partial charge in [0.1, 0.15) is 5.75 Å². The summed E-state index contributed by atoms with van der Waals surface area (Å²) in [5, 5.41) is 8.67. The Balaban J connectivity index is 1.79. The highest BCUT2D eigenvalue weighted by atomic mass is 16.5.